The Morgan fingerprint density at radius 1 is 1.24 bits per heavy atom. The first-order valence-electron chi connectivity index (χ1n) is 6.60. The van der Waals surface area contributed by atoms with Gasteiger partial charge in [0.1, 0.15) is 11.8 Å². The predicted molar refractivity (Wildman–Crippen MR) is 79.6 cm³/mol. The lowest BCUT2D eigenvalue weighted by Crippen LogP contribution is -2.28. The monoisotopic (exact) mass is 280 g/mol. The number of carbonyl (C=O) groups is 1. The number of hydrogen-bond acceptors (Lipinski definition) is 3. The van der Waals surface area contributed by atoms with Gasteiger partial charge in [0, 0.05) is 0 Å². The maximum absolute atomic E-state index is 12.1. The molecule has 4 nitrogen and oxygen atoms in total. The van der Waals surface area contributed by atoms with Crippen LogP contribution in [0.3, 0.4) is 0 Å². The molecule has 0 bridgehead atoms. The molecule has 21 heavy (non-hydrogen) atoms. The van der Waals surface area contributed by atoms with Crippen LogP contribution in [0.15, 0.2) is 54.6 Å². The molecule has 0 radical (unpaired) electrons. The molecule has 1 N–H and O–H groups in total. The van der Waals surface area contributed by atoms with Crippen LogP contribution in [0.2, 0.25) is 0 Å². The van der Waals surface area contributed by atoms with Crippen LogP contribution in [0, 0.1) is 11.3 Å². The van der Waals surface area contributed by atoms with Crippen molar-refractivity contribution in [1.29, 1.82) is 5.26 Å². The Labute approximate surface area is 124 Å². The fourth-order valence-electron chi connectivity index (χ4n) is 2.02. The van der Waals surface area contributed by atoms with Crippen LogP contribution in [0.25, 0.3) is 0 Å². The van der Waals surface area contributed by atoms with Crippen molar-refractivity contribution in [2.75, 3.05) is 7.11 Å². The number of nitrogens with one attached hydrogen (secondary N) is 1. The van der Waals surface area contributed by atoms with Gasteiger partial charge in [-0.1, -0.05) is 42.5 Å². The second-order valence-corrected chi connectivity index (χ2v) is 4.57. The maximum atomic E-state index is 12.1. The highest BCUT2D eigenvalue weighted by Crippen LogP contribution is 2.14. The van der Waals surface area contributed by atoms with Crippen molar-refractivity contribution in [3.63, 3.8) is 0 Å². The van der Waals surface area contributed by atoms with E-state index in [-0.39, 0.29) is 12.3 Å². The summed E-state index contributed by atoms with van der Waals surface area (Å²) in [6, 6.07) is 18.0. The molecule has 0 aliphatic carbocycles. The van der Waals surface area contributed by atoms with E-state index < -0.39 is 6.04 Å². The zero-order valence-corrected chi connectivity index (χ0v) is 11.7. The minimum absolute atomic E-state index is 0.196. The molecule has 0 saturated heterocycles. The van der Waals surface area contributed by atoms with Gasteiger partial charge in [-0.2, -0.15) is 5.26 Å². The lowest BCUT2D eigenvalue weighted by atomic mass is 10.1. The van der Waals surface area contributed by atoms with Crippen molar-refractivity contribution in [3.05, 3.63) is 65.7 Å². The Kier molecular flexibility index (Phi) is 4.94. The van der Waals surface area contributed by atoms with Gasteiger partial charge in [-0.05, 0) is 23.3 Å². The Hall–Kier alpha value is -2.80. The second kappa shape index (κ2) is 7.11. The summed E-state index contributed by atoms with van der Waals surface area (Å²) in [4.78, 5) is 12.1. The first kappa shape index (κ1) is 14.6. The highest BCUT2D eigenvalue weighted by molar-refractivity contribution is 5.79. The van der Waals surface area contributed by atoms with Gasteiger partial charge < -0.3 is 10.1 Å². The summed E-state index contributed by atoms with van der Waals surface area (Å²) in [7, 11) is 1.58. The van der Waals surface area contributed by atoms with Crippen LogP contribution in [0.1, 0.15) is 17.2 Å². The third kappa shape index (κ3) is 4.08. The second-order valence-electron chi connectivity index (χ2n) is 4.57. The van der Waals surface area contributed by atoms with Crippen LogP contribution in [-0.4, -0.2) is 13.0 Å². The van der Waals surface area contributed by atoms with E-state index in [1.807, 2.05) is 54.6 Å². The van der Waals surface area contributed by atoms with E-state index in [1.54, 1.807) is 7.11 Å². The van der Waals surface area contributed by atoms with Crippen LogP contribution >= 0.6 is 0 Å². The first-order chi connectivity index (χ1) is 10.2. The van der Waals surface area contributed by atoms with E-state index in [0.717, 1.165) is 11.1 Å². The van der Waals surface area contributed by atoms with E-state index in [4.69, 9.17) is 4.74 Å². The van der Waals surface area contributed by atoms with Crippen molar-refractivity contribution in [3.8, 4) is 11.8 Å². The molecule has 4 heteroatoms. The zero-order chi connectivity index (χ0) is 15.1. The van der Waals surface area contributed by atoms with Gasteiger partial charge in [-0.25, -0.2) is 0 Å². The normalized spacial score (nSPS) is 11.2. The molecule has 0 heterocycles. The van der Waals surface area contributed by atoms with E-state index in [0.29, 0.717) is 5.75 Å². The van der Waals surface area contributed by atoms with Crippen LogP contribution in [0.4, 0.5) is 0 Å². The van der Waals surface area contributed by atoms with Crippen molar-refractivity contribution in [1.82, 2.24) is 5.32 Å². The zero-order valence-electron chi connectivity index (χ0n) is 11.7. The molecule has 2 aromatic rings. The highest BCUT2D eigenvalue weighted by Gasteiger charge is 2.13. The third-order valence-corrected chi connectivity index (χ3v) is 3.07. The van der Waals surface area contributed by atoms with Crippen LogP contribution < -0.4 is 10.1 Å². The van der Waals surface area contributed by atoms with Crippen molar-refractivity contribution in [2.24, 2.45) is 0 Å². The fourth-order valence-corrected chi connectivity index (χ4v) is 2.02. The number of hydrogen-bond donors (Lipinski definition) is 1. The largest absolute Gasteiger partial charge is 0.497 e. The average Bonchev–Trinajstić information content (AvgIpc) is 2.53. The number of ether oxygens (including phenoxy) is 1. The summed E-state index contributed by atoms with van der Waals surface area (Å²) < 4.78 is 5.12. The highest BCUT2D eigenvalue weighted by atomic mass is 16.5. The van der Waals surface area contributed by atoms with E-state index in [9.17, 15) is 10.1 Å². The van der Waals surface area contributed by atoms with Gasteiger partial charge >= 0.3 is 0 Å². The molecule has 0 fully saturated rings. The molecule has 0 spiro atoms. The standard InChI is InChI=1S/C17H16N2O2/c1-21-15-9-5-6-13(10-15)11-17(20)19-16(12-18)14-7-3-2-4-8-14/h2-10,16H,11H2,1H3,(H,19,20). The van der Waals surface area contributed by atoms with Gasteiger partial charge in [0.05, 0.1) is 19.6 Å². The molecule has 0 aliphatic rings. The maximum Gasteiger partial charge on any atom is 0.225 e. The minimum atomic E-state index is -0.635. The fraction of sp³-hybridized carbons (Fsp3) is 0.176. The summed E-state index contributed by atoms with van der Waals surface area (Å²) in [5, 5.41) is 11.9. The topological polar surface area (TPSA) is 62.1 Å². The van der Waals surface area contributed by atoms with Crippen molar-refractivity contribution >= 4 is 5.91 Å². The summed E-state index contributed by atoms with van der Waals surface area (Å²) in [6.07, 6.45) is 0.211. The number of nitriles is 1. The summed E-state index contributed by atoms with van der Waals surface area (Å²) in [5.74, 6) is 0.513. The van der Waals surface area contributed by atoms with Gasteiger partial charge in [-0.15, -0.1) is 0 Å². The molecule has 1 unspecified atom stereocenters. The number of rotatable bonds is 5. The molecular formula is C17H16N2O2. The van der Waals surface area contributed by atoms with Crippen molar-refractivity contribution in [2.45, 2.75) is 12.5 Å². The molecule has 0 aromatic heterocycles. The van der Waals surface area contributed by atoms with Gasteiger partial charge in [0.2, 0.25) is 5.91 Å². The summed E-state index contributed by atoms with van der Waals surface area (Å²) in [5.41, 5.74) is 1.62. The van der Waals surface area contributed by atoms with Crippen LogP contribution in [-0.2, 0) is 11.2 Å². The molecule has 106 valence electrons. The smallest absolute Gasteiger partial charge is 0.225 e. The van der Waals surface area contributed by atoms with E-state index in [2.05, 4.69) is 11.4 Å². The minimum Gasteiger partial charge on any atom is -0.497 e. The number of amides is 1. The number of nitrogens with zero attached hydrogens (tertiary/aromatic N) is 1. The molecule has 0 aliphatic heterocycles. The van der Waals surface area contributed by atoms with Gasteiger partial charge in [0.15, 0.2) is 0 Å². The quantitative estimate of drug-likeness (QED) is 0.915. The molecular weight excluding hydrogens is 264 g/mol. The van der Waals surface area contributed by atoms with E-state index in [1.165, 1.54) is 0 Å². The molecule has 2 aromatic carbocycles. The molecule has 1 atom stereocenters. The number of benzene rings is 2. The predicted octanol–water partition coefficient (Wildman–Crippen LogP) is 2.62. The van der Waals surface area contributed by atoms with Gasteiger partial charge in [-0.3, -0.25) is 4.79 Å². The Bertz CT molecular complexity index is 647. The van der Waals surface area contributed by atoms with Crippen LogP contribution in [0.5, 0.6) is 5.75 Å². The van der Waals surface area contributed by atoms with E-state index >= 15 is 0 Å². The molecule has 2 rings (SSSR count). The summed E-state index contributed by atoms with van der Waals surface area (Å²) in [6.45, 7) is 0. The first-order valence-corrected chi connectivity index (χ1v) is 6.60. The lowest BCUT2D eigenvalue weighted by molar-refractivity contribution is -0.120. The Morgan fingerprint density at radius 2 is 2.00 bits per heavy atom. The molecule has 1 amide bonds. The van der Waals surface area contributed by atoms with Crippen molar-refractivity contribution < 1.29 is 9.53 Å². The number of methoxy groups -OCH3 is 1. The number of carbonyl (C=O) groups excluding carboxylic acids is 1. The SMILES string of the molecule is COc1cccc(CC(=O)NC(C#N)c2ccccc2)c1. The Balaban J connectivity index is 2.02. The lowest BCUT2D eigenvalue weighted by Gasteiger charge is -2.12. The van der Waals surface area contributed by atoms with Gasteiger partial charge in [0.25, 0.3) is 0 Å². The Morgan fingerprint density at radius 3 is 2.67 bits per heavy atom. The molecule has 0 saturated carbocycles. The third-order valence-electron chi connectivity index (χ3n) is 3.07. The summed E-state index contributed by atoms with van der Waals surface area (Å²) >= 11 is 0. The average molecular weight is 280 g/mol.